The van der Waals surface area contributed by atoms with E-state index >= 15 is 0 Å². The molecule has 0 radical (unpaired) electrons. The molecule has 2 atom stereocenters. The molecule has 3 heteroatoms. The Bertz CT molecular complexity index is 111. The number of hydrogen-bond acceptors (Lipinski definition) is 3. The maximum Gasteiger partial charge on any atom is 0.124 e. The lowest BCUT2D eigenvalue weighted by molar-refractivity contribution is 0.0256. The standard InChI is InChI=1S/C6H10O3/c7-4-6-3-5(8)1-2-9-6/h1-2,5-8H,3-4H2. The van der Waals surface area contributed by atoms with Crippen LogP contribution in [0.15, 0.2) is 12.3 Å². The monoisotopic (exact) mass is 130 g/mol. The molecule has 0 fully saturated rings. The predicted molar refractivity (Wildman–Crippen MR) is 31.7 cm³/mol. The van der Waals surface area contributed by atoms with E-state index in [1.807, 2.05) is 0 Å². The largest absolute Gasteiger partial charge is 0.496 e. The third kappa shape index (κ3) is 1.69. The van der Waals surface area contributed by atoms with Crippen molar-refractivity contribution in [2.45, 2.75) is 18.6 Å². The fourth-order valence-corrected chi connectivity index (χ4v) is 0.768. The van der Waals surface area contributed by atoms with Crippen molar-refractivity contribution in [2.75, 3.05) is 6.61 Å². The lowest BCUT2D eigenvalue weighted by Gasteiger charge is -2.19. The van der Waals surface area contributed by atoms with Gasteiger partial charge >= 0.3 is 0 Å². The third-order valence-electron chi connectivity index (χ3n) is 1.28. The lowest BCUT2D eigenvalue weighted by Crippen LogP contribution is -2.24. The summed E-state index contributed by atoms with van der Waals surface area (Å²) in [7, 11) is 0. The van der Waals surface area contributed by atoms with Gasteiger partial charge in [0.1, 0.15) is 6.10 Å². The Morgan fingerprint density at radius 1 is 1.67 bits per heavy atom. The molecule has 2 N–H and O–H groups in total. The van der Waals surface area contributed by atoms with E-state index in [2.05, 4.69) is 0 Å². The normalized spacial score (nSPS) is 34.0. The molecule has 52 valence electrons. The third-order valence-corrected chi connectivity index (χ3v) is 1.28. The molecule has 0 aliphatic carbocycles. The minimum atomic E-state index is -0.448. The number of aliphatic hydroxyl groups excluding tert-OH is 2. The quantitative estimate of drug-likeness (QED) is 0.509. The van der Waals surface area contributed by atoms with Crippen LogP contribution in [0.2, 0.25) is 0 Å². The zero-order chi connectivity index (χ0) is 6.69. The highest BCUT2D eigenvalue weighted by atomic mass is 16.5. The molecule has 1 aliphatic heterocycles. The first-order valence-electron chi connectivity index (χ1n) is 2.94. The van der Waals surface area contributed by atoms with Crippen molar-refractivity contribution in [2.24, 2.45) is 0 Å². The molecule has 0 saturated carbocycles. The first-order chi connectivity index (χ1) is 4.33. The van der Waals surface area contributed by atoms with Crippen LogP contribution in [0.1, 0.15) is 6.42 Å². The second-order valence-electron chi connectivity index (χ2n) is 2.07. The Balaban J connectivity index is 2.38. The summed E-state index contributed by atoms with van der Waals surface area (Å²) in [6.07, 6.45) is 2.81. The van der Waals surface area contributed by atoms with E-state index in [1.165, 1.54) is 6.26 Å². The maximum absolute atomic E-state index is 8.93. The highest BCUT2D eigenvalue weighted by Gasteiger charge is 2.15. The van der Waals surface area contributed by atoms with Crippen molar-refractivity contribution in [1.29, 1.82) is 0 Å². The first-order valence-corrected chi connectivity index (χ1v) is 2.94. The number of rotatable bonds is 1. The minimum absolute atomic E-state index is 0.0264. The van der Waals surface area contributed by atoms with Crippen molar-refractivity contribution >= 4 is 0 Å². The van der Waals surface area contributed by atoms with Crippen LogP contribution in [-0.4, -0.2) is 29.0 Å². The number of ether oxygens (including phenoxy) is 1. The van der Waals surface area contributed by atoms with Gasteiger partial charge in [-0.1, -0.05) is 0 Å². The second-order valence-corrected chi connectivity index (χ2v) is 2.07. The van der Waals surface area contributed by atoms with Crippen LogP contribution >= 0.6 is 0 Å². The summed E-state index contributed by atoms with van der Waals surface area (Å²) in [6, 6.07) is 0. The van der Waals surface area contributed by atoms with Crippen LogP contribution in [-0.2, 0) is 4.74 Å². The van der Waals surface area contributed by atoms with E-state index in [0.29, 0.717) is 6.42 Å². The van der Waals surface area contributed by atoms with E-state index < -0.39 is 6.10 Å². The van der Waals surface area contributed by atoms with Crippen molar-refractivity contribution in [3.63, 3.8) is 0 Å². The van der Waals surface area contributed by atoms with Gasteiger partial charge in [-0.25, -0.2) is 0 Å². The van der Waals surface area contributed by atoms with Gasteiger partial charge in [0.15, 0.2) is 0 Å². The second kappa shape index (κ2) is 2.85. The molecule has 0 aromatic heterocycles. The van der Waals surface area contributed by atoms with Gasteiger partial charge in [0.2, 0.25) is 0 Å². The molecule has 1 aliphatic rings. The van der Waals surface area contributed by atoms with Gasteiger partial charge < -0.3 is 14.9 Å². The van der Waals surface area contributed by atoms with Crippen LogP contribution in [0.4, 0.5) is 0 Å². The van der Waals surface area contributed by atoms with E-state index in [1.54, 1.807) is 6.08 Å². The van der Waals surface area contributed by atoms with Crippen molar-refractivity contribution in [3.05, 3.63) is 12.3 Å². The predicted octanol–water partition coefficient (Wildman–Crippen LogP) is -0.358. The molecule has 3 nitrogen and oxygen atoms in total. The zero-order valence-corrected chi connectivity index (χ0v) is 5.03. The van der Waals surface area contributed by atoms with Crippen LogP contribution in [0.3, 0.4) is 0 Å². The molecule has 1 rings (SSSR count). The average Bonchev–Trinajstić information content (AvgIpc) is 1.88. The molecule has 0 amide bonds. The summed E-state index contributed by atoms with van der Waals surface area (Å²) < 4.78 is 4.91. The van der Waals surface area contributed by atoms with Gasteiger partial charge in [0.05, 0.1) is 19.0 Å². The molecule has 0 aromatic carbocycles. The van der Waals surface area contributed by atoms with E-state index in [9.17, 15) is 0 Å². The SMILES string of the molecule is OCC1CC(O)C=CO1. The van der Waals surface area contributed by atoms with E-state index in [-0.39, 0.29) is 12.7 Å². The van der Waals surface area contributed by atoms with Crippen LogP contribution in [0.5, 0.6) is 0 Å². The Labute approximate surface area is 53.6 Å². The fourth-order valence-electron chi connectivity index (χ4n) is 0.768. The molecule has 1 heterocycles. The summed E-state index contributed by atoms with van der Waals surface area (Å²) in [5, 5.41) is 17.5. The Morgan fingerprint density at radius 3 is 2.89 bits per heavy atom. The summed E-state index contributed by atoms with van der Waals surface area (Å²) >= 11 is 0. The highest BCUT2D eigenvalue weighted by Crippen LogP contribution is 2.09. The highest BCUT2D eigenvalue weighted by molar-refractivity contribution is 4.89. The Hall–Kier alpha value is -0.540. The molecular formula is C6H10O3. The topological polar surface area (TPSA) is 49.7 Å². The van der Waals surface area contributed by atoms with Gasteiger partial charge in [-0.05, 0) is 6.08 Å². The fraction of sp³-hybridized carbons (Fsp3) is 0.667. The van der Waals surface area contributed by atoms with Crippen molar-refractivity contribution in [1.82, 2.24) is 0 Å². The van der Waals surface area contributed by atoms with E-state index in [4.69, 9.17) is 14.9 Å². The van der Waals surface area contributed by atoms with Crippen LogP contribution in [0, 0.1) is 0 Å². The zero-order valence-electron chi connectivity index (χ0n) is 5.03. The summed E-state index contributed by atoms with van der Waals surface area (Å²) in [5.41, 5.74) is 0. The molecule has 0 spiro atoms. The summed E-state index contributed by atoms with van der Waals surface area (Å²) in [5.74, 6) is 0. The number of hydrogen-bond donors (Lipinski definition) is 2. The summed E-state index contributed by atoms with van der Waals surface area (Å²) in [6.45, 7) is -0.0264. The van der Waals surface area contributed by atoms with Crippen LogP contribution < -0.4 is 0 Å². The molecule has 2 unspecified atom stereocenters. The first kappa shape index (κ1) is 6.58. The summed E-state index contributed by atoms with van der Waals surface area (Å²) in [4.78, 5) is 0. The molecule has 0 aromatic rings. The van der Waals surface area contributed by atoms with Crippen molar-refractivity contribution < 1.29 is 14.9 Å². The lowest BCUT2D eigenvalue weighted by atomic mass is 10.1. The average molecular weight is 130 g/mol. The Kier molecular flexibility index (Phi) is 2.08. The van der Waals surface area contributed by atoms with Gasteiger partial charge in [-0.3, -0.25) is 0 Å². The Morgan fingerprint density at radius 2 is 2.44 bits per heavy atom. The minimum Gasteiger partial charge on any atom is -0.496 e. The molecule has 9 heavy (non-hydrogen) atoms. The van der Waals surface area contributed by atoms with Crippen LogP contribution in [0.25, 0.3) is 0 Å². The maximum atomic E-state index is 8.93. The van der Waals surface area contributed by atoms with Gasteiger partial charge in [-0.15, -0.1) is 0 Å². The van der Waals surface area contributed by atoms with Gasteiger partial charge in [-0.2, -0.15) is 0 Å². The van der Waals surface area contributed by atoms with E-state index in [0.717, 1.165) is 0 Å². The van der Waals surface area contributed by atoms with Gasteiger partial charge in [0, 0.05) is 6.42 Å². The number of aliphatic hydroxyl groups is 2. The molecule has 0 saturated heterocycles. The molecule has 0 bridgehead atoms. The van der Waals surface area contributed by atoms with Crippen molar-refractivity contribution in [3.8, 4) is 0 Å². The molecular weight excluding hydrogens is 120 g/mol. The smallest absolute Gasteiger partial charge is 0.124 e. The van der Waals surface area contributed by atoms with Gasteiger partial charge in [0.25, 0.3) is 0 Å².